The molecule has 0 amide bonds. The third-order valence-electron chi connectivity index (χ3n) is 2.08. The van der Waals surface area contributed by atoms with Crippen LogP contribution < -0.4 is 0 Å². The first-order valence-electron chi connectivity index (χ1n) is 4.54. The van der Waals surface area contributed by atoms with Crippen molar-refractivity contribution < 1.29 is 9.15 Å². The molecule has 0 saturated heterocycles. The van der Waals surface area contributed by atoms with Crippen molar-refractivity contribution >= 4 is 22.6 Å². The molecule has 0 fully saturated rings. The molecule has 2 rings (SSSR count). The maximum Gasteiger partial charge on any atom is 0.134 e. The molecule has 0 aliphatic rings. The second-order valence-electron chi connectivity index (χ2n) is 3.04. The van der Waals surface area contributed by atoms with Gasteiger partial charge >= 0.3 is 0 Å². The van der Waals surface area contributed by atoms with Crippen molar-refractivity contribution in [3.8, 4) is 0 Å². The fraction of sp³-hybridized carbons (Fsp3) is 0.273. The summed E-state index contributed by atoms with van der Waals surface area (Å²) in [5.41, 5.74) is 1.90. The van der Waals surface area contributed by atoms with E-state index in [-0.39, 0.29) is 0 Å². The molecule has 1 aromatic heterocycles. The first-order valence-corrected chi connectivity index (χ1v) is 4.92. The van der Waals surface area contributed by atoms with Gasteiger partial charge < -0.3 is 9.15 Å². The molecule has 0 unspecified atom stereocenters. The van der Waals surface area contributed by atoms with Crippen LogP contribution >= 0.6 is 11.6 Å². The minimum Gasteiger partial charge on any atom is -0.464 e. The summed E-state index contributed by atoms with van der Waals surface area (Å²) in [5, 5.41) is 1.75. The summed E-state index contributed by atoms with van der Waals surface area (Å²) in [6.45, 7) is 3.24. The number of halogens is 1. The van der Waals surface area contributed by atoms with E-state index in [4.69, 9.17) is 20.8 Å². The van der Waals surface area contributed by atoms with Crippen molar-refractivity contribution in [1.82, 2.24) is 0 Å². The van der Waals surface area contributed by atoms with Crippen LogP contribution in [-0.4, -0.2) is 6.61 Å². The van der Waals surface area contributed by atoms with Crippen molar-refractivity contribution in [2.45, 2.75) is 13.5 Å². The topological polar surface area (TPSA) is 22.4 Å². The molecule has 1 aromatic carbocycles. The van der Waals surface area contributed by atoms with Gasteiger partial charge in [0.15, 0.2) is 0 Å². The molecule has 0 bridgehead atoms. The summed E-state index contributed by atoms with van der Waals surface area (Å²) in [6.07, 6.45) is 1.72. The zero-order chi connectivity index (χ0) is 9.97. The maximum atomic E-state index is 5.90. The molecule has 0 radical (unpaired) electrons. The van der Waals surface area contributed by atoms with Crippen LogP contribution in [-0.2, 0) is 11.3 Å². The highest BCUT2D eigenvalue weighted by molar-refractivity contribution is 6.31. The van der Waals surface area contributed by atoms with Crippen LogP contribution in [0.2, 0.25) is 5.02 Å². The van der Waals surface area contributed by atoms with Gasteiger partial charge in [0.05, 0.1) is 12.9 Å². The minimum atomic E-state index is 0.573. The Morgan fingerprint density at radius 1 is 1.43 bits per heavy atom. The molecule has 1 heterocycles. The molecule has 0 aliphatic carbocycles. The van der Waals surface area contributed by atoms with E-state index in [2.05, 4.69) is 0 Å². The lowest BCUT2D eigenvalue weighted by atomic mass is 10.2. The van der Waals surface area contributed by atoms with E-state index in [0.29, 0.717) is 13.2 Å². The van der Waals surface area contributed by atoms with Gasteiger partial charge in [0, 0.05) is 22.6 Å². The highest BCUT2D eigenvalue weighted by Gasteiger charge is 2.05. The van der Waals surface area contributed by atoms with Crippen molar-refractivity contribution in [2.75, 3.05) is 6.61 Å². The van der Waals surface area contributed by atoms with Crippen LogP contribution in [0.5, 0.6) is 0 Å². The quantitative estimate of drug-likeness (QED) is 0.772. The van der Waals surface area contributed by atoms with Crippen LogP contribution in [0.1, 0.15) is 12.5 Å². The van der Waals surface area contributed by atoms with E-state index in [0.717, 1.165) is 21.6 Å². The van der Waals surface area contributed by atoms with Gasteiger partial charge in [-0.25, -0.2) is 0 Å². The van der Waals surface area contributed by atoms with E-state index in [1.165, 1.54) is 0 Å². The predicted molar refractivity (Wildman–Crippen MR) is 56.6 cm³/mol. The average Bonchev–Trinajstić information content (AvgIpc) is 2.57. The van der Waals surface area contributed by atoms with Gasteiger partial charge in [0.25, 0.3) is 0 Å². The van der Waals surface area contributed by atoms with Gasteiger partial charge in [-0.2, -0.15) is 0 Å². The van der Waals surface area contributed by atoms with Crippen LogP contribution in [0.25, 0.3) is 11.0 Å². The number of hydrogen-bond acceptors (Lipinski definition) is 2. The molecule has 0 aliphatic heterocycles. The first-order chi connectivity index (χ1) is 6.81. The monoisotopic (exact) mass is 210 g/mol. The zero-order valence-corrected chi connectivity index (χ0v) is 8.67. The lowest BCUT2D eigenvalue weighted by Crippen LogP contribution is -1.89. The number of benzene rings is 1. The SMILES string of the molecule is CCOCc1coc2ccc(Cl)cc12. The van der Waals surface area contributed by atoms with E-state index >= 15 is 0 Å². The van der Waals surface area contributed by atoms with Gasteiger partial charge in [-0.15, -0.1) is 0 Å². The molecular weight excluding hydrogens is 200 g/mol. The number of fused-ring (bicyclic) bond motifs is 1. The predicted octanol–water partition coefficient (Wildman–Crippen LogP) is 3.62. The molecule has 3 heteroatoms. The van der Waals surface area contributed by atoms with E-state index < -0.39 is 0 Å². The van der Waals surface area contributed by atoms with E-state index in [1.54, 1.807) is 6.26 Å². The Bertz CT molecular complexity index is 434. The number of rotatable bonds is 3. The molecule has 0 spiro atoms. The summed E-state index contributed by atoms with van der Waals surface area (Å²) in [4.78, 5) is 0. The largest absolute Gasteiger partial charge is 0.464 e. The van der Waals surface area contributed by atoms with Crippen LogP contribution in [0, 0.1) is 0 Å². The average molecular weight is 211 g/mol. The zero-order valence-electron chi connectivity index (χ0n) is 7.92. The van der Waals surface area contributed by atoms with Gasteiger partial charge in [0.2, 0.25) is 0 Å². The molecule has 2 nitrogen and oxygen atoms in total. The molecule has 14 heavy (non-hydrogen) atoms. The number of hydrogen-bond donors (Lipinski definition) is 0. The highest BCUT2D eigenvalue weighted by Crippen LogP contribution is 2.24. The smallest absolute Gasteiger partial charge is 0.134 e. The molecular formula is C11H11ClO2. The third-order valence-corrected chi connectivity index (χ3v) is 2.31. The third kappa shape index (κ3) is 1.76. The minimum absolute atomic E-state index is 0.573. The summed E-state index contributed by atoms with van der Waals surface area (Å²) in [7, 11) is 0. The molecule has 2 aromatic rings. The second-order valence-corrected chi connectivity index (χ2v) is 3.47. The highest BCUT2D eigenvalue weighted by atomic mass is 35.5. The molecule has 0 N–H and O–H groups in total. The van der Waals surface area contributed by atoms with Crippen molar-refractivity contribution in [2.24, 2.45) is 0 Å². The summed E-state index contributed by atoms with van der Waals surface area (Å²) in [6, 6.07) is 5.58. The van der Waals surface area contributed by atoms with Gasteiger partial charge in [-0.3, -0.25) is 0 Å². The van der Waals surface area contributed by atoms with Crippen LogP contribution in [0.3, 0.4) is 0 Å². The fourth-order valence-corrected chi connectivity index (χ4v) is 1.55. The number of ether oxygens (including phenoxy) is 1. The molecule has 74 valence electrons. The Morgan fingerprint density at radius 2 is 2.29 bits per heavy atom. The van der Waals surface area contributed by atoms with Gasteiger partial charge in [0.1, 0.15) is 5.58 Å². The summed E-state index contributed by atoms with van der Waals surface area (Å²) in [5.74, 6) is 0. The Hall–Kier alpha value is -0.990. The van der Waals surface area contributed by atoms with E-state index in [9.17, 15) is 0 Å². The summed E-state index contributed by atoms with van der Waals surface area (Å²) >= 11 is 5.90. The van der Waals surface area contributed by atoms with Crippen LogP contribution in [0.4, 0.5) is 0 Å². The summed E-state index contributed by atoms with van der Waals surface area (Å²) < 4.78 is 10.7. The van der Waals surface area contributed by atoms with Gasteiger partial charge in [-0.05, 0) is 25.1 Å². The fourth-order valence-electron chi connectivity index (χ4n) is 1.38. The van der Waals surface area contributed by atoms with E-state index in [1.807, 2.05) is 25.1 Å². The lowest BCUT2D eigenvalue weighted by molar-refractivity contribution is 0.134. The lowest BCUT2D eigenvalue weighted by Gasteiger charge is -1.98. The van der Waals surface area contributed by atoms with Crippen molar-refractivity contribution in [3.05, 3.63) is 35.0 Å². The first kappa shape index (κ1) is 9.56. The Balaban J connectivity index is 2.40. The van der Waals surface area contributed by atoms with Crippen molar-refractivity contribution in [1.29, 1.82) is 0 Å². The maximum absolute atomic E-state index is 5.90. The molecule has 0 saturated carbocycles. The Morgan fingerprint density at radius 3 is 3.07 bits per heavy atom. The normalized spacial score (nSPS) is 11.0. The van der Waals surface area contributed by atoms with Gasteiger partial charge in [-0.1, -0.05) is 11.6 Å². The Labute approximate surface area is 87.4 Å². The molecule has 0 atom stereocenters. The standard InChI is InChI=1S/C11H11ClO2/c1-2-13-6-8-7-14-11-4-3-9(12)5-10(8)11/h3-5,7H,2,6H2,1H3. The second kappa shape index (κ2) is 4.03. The van der Waals surface area contributed by atoms with Crippen molar-refractivity contribution in [3.63, 3.8) is 0 Å². The number of furan rings is 1. The Kier molecular flexibility index (Phi) is 2.75. The van der Waals surface area contributed by atoms with Crippen LogP contribution in [0.15, 0.2) is 28.9 Å².